The maximum absolute atomic E-state index is 13.4. The Bertz CT molecular complexity index is 553. The maximum atomic E-state index is 13.4. The number of rotatable bonds is 5. The molecule has 22 heavy (non-hydrogen) atoms. The fourth-order valence-electron chi connectivity index (χ4n) is 2.50. The highest BCUT2D eigenvalue weighted by Crippen LogP contribution is 2.25. The molecule has 1 fully saturated rings. The first-order chi connectivity index (χ1) is 10.6. The molecule has 1 aromatic rings. The number of alkyl halides is 2. The normalized spacial score (nSPS) is 17.7. The van der Waals surface area contributed by atoms with Crippen LogP contribution in [0.15, 0.2) is 40.4 Å². The van der Waals surface area contributed by atoms with E-state index in [0.29, 0.717) is 5.84 Å². The predicted molar refractivity (Wildman–Crippen MR) is 90.6 cm³/mol. The molecule has 0 radical (unpaired) electrons. The van der Waals surface area contributed by atoms with E-state index in [1.807, 2.05) is 37.4 Å². The third-order valence-electron chi connectivity index (χ3n) is 3.61. The standard InChI is InChI=1S/C17H22F2N2S/c1-3-7-14(16-8-6-11-22-16)12-15(17(18)19)20-13(2)21-9-4-5-10-21/h6-8,11-12,17H,3-5,9-10H2,1-2H3/b14-7-,15-12-,20-13?. The van der Waals surface area contributed by atoms with Gasteiger partial charge >= 0.3 is 0 Å². The molecule has 2 nitrogen and oxygen atoms in total. The lowest BCUT2D eigenvalue weighted by Gasteiger charge is -2.17. The van der Waals surface area contributed by atoms with Crippen molar-refractivity contribution in [2.24, 2.45) is 4.99 Å². The third-order valence-corrected chi connectivity index (χ3v) is 4.53. The first-order valence-corrected chi connectivity index (χ1v) is 8.53. The highest BCUT2D eigenvalue weighted by molar-refractivity contribution is 7.11. The molecule has 0 bridgehead atoms. The molecule has 1 aromatic heterocycles. The first-order valence-electron chi connectivity index (χ1n) is 7.65. The van der Waals surface area contributed by atoms with Crippen molar-refractivity contribution >= 4 is 22.7 Å². The van der Waals surface area contributed by atoms with Gasteiger partial charge in [0.05, 0.1) is 0 Å². The van der Waals surface area contributed by atoms with Crippen LogP contribution in [0.3, 0.4) is 0 Å². The second-order valence-corrected chi connectivity index (χ2v) is 6.22. The zero-order valence-corrected chi connectivity index (χ0v) is 13.9. The fraction of sp³-hybridized carbons (Fsp3) is 0.471. The molecule has 2 heterocycles. The van der Waals surface area contributed by atoms with Crippen LogP contribution in [0.25, 0.3) is 5.57 Å². The Morgan fingerprint density at radius 1 is 1.41 bits per heavy atom. The SMILES string of the molecule is CC/C=C(/C=C(\N=C(C)N1CCCC1)C(F)F)c1cccs1. The van der Waals surface area contributed by atoms with E-state index < -0.39 is 6.43 Å². The van der Waals surface area contributed by atoms with Crippen molar-refractivity contribution in [1.82, 2.24) is 4.90 Å². The molecular formula is C17H22F2N2S. The summed E-state index contributed by atoms with van der Waals surface area (Å²) in [6, 6.07) is 3.88. The molecule has 0 N–H and O–H groups in total. The smallest absolute Gasteiger partial charge is 0.280 e. The predicted octanol–water partition coefficient (Wildman–Crippen LogP) is 5.20. The van der Waals surface area contributed by atoms with Crippen LogP contribution in [0.5, 0.6) is 0 Å². The molecule has 2 rings (SSSR count). The molecule has 0 spiro atoms. The summed E-state index contributed by atoms with van der Waals surface area (Å²) in [7, 11) is 0. The maximum Gasteiger partial charge on any atom is 0.280 e. The average molecular weight is 324 g/mol. The molecule has 0 amide bonds. The van der Waals surface area contributed by atoms with Gasteiger partial charge in [0, 0.05) is 18.0 Å². The van der Waals surface area contributed by atoms with E-state index in [9.17, 15) is 8.78 Å². The van der Waals surface area contributed by atoms with Crippen LogP contribution in [0.1, 0.15) is 38.0 Å². The number of likely N-dealkylation sites (tertiary alicyclic amines) is 1. The Morgan fingerprint density at radius 3 is 2.68 bits per heavy atom. The monoisotopic (exact) mass is 324 g/mol. The first kappa shape index (κ1) is 16.9. The molecule has 0 aromatic carbocycles. The number of nitrogens with zero attached hydrogens (tertiary/aromatic N) is 2. The van der Waals surface area contributed by atoms with Crippen molar-refractivity contribution in [1.29, 1.82) is 0 Å². The van der Waals surface area contributed by atoms with Gasteiger partial charge in [0.25, 0.3) is 6.43 Å². The van der Waals surface area contributed by atoms with Gasteiger partial charge in [-0.15, -0.1) is 11.3 Å². The number of amidine groups is 1. The number of halogens is 2. The van der Waals surface area contributed by atoms with Gasteiger partial charge in [-0.25, -0.2) is 13.8 Å². The van der Waals surface area contributed by atoms with E-state index in [1.165, 1.54) is 6.08 Å². The molecule has 0 atom stereocenters. The summed E-state index contributed by atoms with van der Waals surface area (Å²) < 4.78 is 26.7. The molecular weight excluding hydrogens is 302 g/mol. The largest absolute Gasteiger partial charge is 0.360 e. The molecule has 5 heteroatoms. The minimum absolute atomic E-state index is 0.155. The molecule has 1 aliphatic heterocycles. The van der Waals surface area contributed by atoms with E-state index in [4.69, 9.17) is 0 Å². The lowest BCUT2D eigenvalue weighted by Crippen LogP contribution is -2.25. The Morgan fingerprint density at radius 2 is 2.14 bits per heavy atom. The topological polar surface area (TPSA) is 15.6 Å². The molecule has 0 unspecified atom stereocenters. The number of allylic oxidation sites excluding steroid dienone is 4. The van der Waals surface area contributed by atoms with Gasteiger partial charge in [-0.3, -0.25) is 0 Å². The summed E-state index contributed by atoms with van der Waals surface area (Å²) in [4.78, 5) is 7.28. The minimum atomic E-state index is -2.57. The van der Waals surface area contributed by atoms with Crippen molar-refractivity contribution in [2.45, 2.75) is 39.5 Å². The van der Waals surface area contributed by atoms with Gasteiger partial charge < -0.3 is 4.90 Å². The summed E-state index contributed by atoms with van der Waals surface area (Å²) in [5, 5.41) is 1.95. The molecule has 1 saturated heterocycles. The van der Waals surface area contributed by atoms with E-state index in [1.54, 1.807) is 11.3 Å². The Hall–Kier alpha value is -1.49. The summed E-state index contributed by atoms with van der Waals surface area (Å²) in [6.07, 6.45) is 3.94. The number of hydrogen-bond acceptors (Lipinski definition) is 2. The Labute approximate surface area is 134 Å². The lowest BCUT2D eigenvalue weighted by molar-refractivity contribution is 0.188. The van der Waals surface area contributed by atoms with Crippen molar-refractivity contribution in [2.75, 3.05) is 13.1 Å². The molecule has 1 aliphatic rings. The van der Waals surface area contributed by atoms with Gasteiger partial charge in [0.1, 0.15) is 11.5 Å². The van der Waals surface area contributed by atoms with Crippen molar-refractivity contribution in [3.8, 4) is 0 Å². The van der Waals surface area contributed by atoms with Crippen LogP contribution in [-0.2, 0) is 0 Å². The Kier molecular flexibility index (Phi) is 6.31. The summed E-state index contributed by atoms with van der Waals surface area (Å²) in [5.74, 6) is 0.686. The van der Waals surface area contributed by atoms with E-state index >= 15 is 0 Å². The van der Waals surface area contributed by atoms with E-state index in [2.05, 4.69) is 9.89 Å². The number of thiophene rings is 1. The quantitative estimate of drug-likeness (QED) is 0.413. The second-order valence-electron chi connectivity index (χ2n) is 5.27. The summed E-state index contributed by atoms with van der Waals surface area (Å²) >= 11 is 1.55. The molecule has 0 aliphatic carbocycles. The Balaban J connectivity index is 2.29. The van der Waals surface area contributed by atoms with Crippen LogP contribution >= 0.6 is 11.3 Å². The fourth-order valence-corrected chi connectivity index (χ4v) is 3.23. The zero-order valence-electron chi connectivity index (χ0n) is 13.1. The van der Waals surface area contributed by atoms with Gasteiger partial charge in [-0.05, 0) is 49.3 Å². The lowest BCUT2D eigenvalue weighted by atomic mass is 10.1. The van der Waals surface area contributed by atoms with E-state index in [-0.39, 0.29) is 5.70 Å². The number of hydrogen-bond donors (Lipinski definition) is 0. The average Bonchev–Trinajstić information content (AvgIpc) is 3.18. The highest BCUT2D eigenvalue weighted by Gasteiger charge is 2.17. The van der Waals surface area contributed by atoms with Gasteiger partial charge in [0.2, 0.25) is 0 Å². The summed E-state index contributed by atoms with van der Waals surface area (Å²) in [6.45, 7) is 5.64. The van der Waals surface area contributed by atoms with Gasteiger partial charge in [0.15, 0.2) is 0 Å². The van der Waals surface area contributed by atoms with Crippen molar-refractivity contribution < 1.29 is 8.78 Å². The third kappa shape index (κ3) is 4.50. The van der Waals surface area contributed by atoms with Crippen LogP contribution in [-0.4, -0.2) is 30.3 Å². The minimum Gasteiger partial charge on any atom is -0.360 e. The molecule has 0 saturated carbocycles. The second kappa shape index (κ2) is 8.22. The van der Waals surface area contributed by atoms with Gasteiger partial charge in [-0.1, -0.05) is 19.1 Å². The van der Waals surface area contributed by atoms with Crippen LogP contribution in [0.2, 0.25) is 0 Å². The van der Waals surface area contributed by atoms with Crippen LogP contribution in [0.4, 0.5) is 8.78 Å². The summed E-state index contributed by atoms with van der Waals surface area (Å²) in [5.41, 5.74) is 0.670. The number of aliphatic imine (C=N–C) groups is 1. The van der Waals surface area contributed by atoms with E-state index in [0.717, 1.165) is 42.8 Å². The van der Waals surface area contributed by atoms with Crippen LogP contribution in [0, 0.1) is 0 Å². The highest BCUT2D eigenvalue weighted by atomic mass is 32.1. The van der Waals surface area contributed by atoms with Crippen LogP contribution < -0.4 is 0 Å². The van der Waals surface area contributed by atoms with Gasteiger partial charge in [-0.2, -0.15) is 0 Å². The van der Waals surface area contributed by atoms with Crippen molar-refractivity contribution in [3.63, 3.8) is 0 Å². The van der Waals surface area contributed by atoms with Crippen molar-refractivity contribution in [3.05, 3.63) is 40.2 Å². The zero-order chi connectivity index (χ0) is 15.9. The molecule has 120 valence electrons.